The fourth-order valence-electron chi connectivity index (χ4n) is 2.92. The Labute approximate surface area is 146 Å². The highest BCUT2D eigenvalue weighted by molar-refractivity contribution is 5.96. The molecule has 0 aliphatic carbocycles. The number of nitrogens with zero attached hydrogens (tertiary/aromatic N) is 2. The Morgan fingerprint density at radius 2 is 1.72 bits per heavy atom. The van der Waals surface area contributed by atoms with Gasteiger partial charge in [0.15, 0.2) is 5.76 Å². The smallest absolute Gasteiger partial charge is 0.175 e. The maximum atomic E-state index is 5.71. The molecule has 0 amide bonds. The predicted molar refractivity (Wildman–Crippen MR) is 98.4 cm³/mol. The number of para-hydroxylation sites is 1. The molecule has 25 heavy (non-hydrogen) atoms. The number of hydrogen-bond donors (Lipinski definition) is 0. The lowest BCUT2D eigenvalue weighted by molar-refractivity contribution is 0.242. The monoisotopic (exact) mass is 330 g/mol. The van der Waals surface area contributed by atoms with Gasteiger partial charge in [-0.15, -0.1) is 0 Å². The molecular weight excluding hydrogens is 312 g/mol. The van der Waals surface area contributed by atoms with E-state index >= 15 is 0 Å². The Bertz CT molecular complexity index is 999. The van der Waals surface area contributed by atoms with Crippen molar-refractivity contribution in [2.45, 2.75) is 20.0 Å². The molecular formula is C21H18N2O2. The van der Waals surface area contributed by atoms with Gasteiger partial charge in [-0.25, -0.2) is 0 Å². The molecule has 0 atom stereocenters. The van der Waals surface area contributed by atoms with Crippen molar-refractivity contribution in [3.05, 3.63) is 67.0 Å². The van der Waals surface area contributed by atoms with Crippen LogP contribution in [0.3, 0.4) is 0 Å². The summed E-state index contributed by atoms with van der Waals surface area (Å²) >= 11 is 0. The molecule has 0 saturated carbocycles. The molecule has 0 aliphatic rings. The molecule has 2 aromatic carbocycles. The molecule has 4 heteroatoms. The largest absolute Gasteiger partial charge is 0.491 e. The van der Waals surface area contributed by atoms with Gasteiger partial charge in [0.25, 0.3) is 0 Å². The van der Waals surface area contributed by atoms with Gasteiger partial charge in [-0.1, -0.05) is 35.5 Å². The second kappa shape index (κ2) is 6.40. The fourth-order valence-corrected chi connectivity index (χ4v) is 2.92. The topological polar surface area (TPSA) is 48.2 Å². The van der Waals surface area contributed by atoms with Gasteiger partial charge in [-0.2, -0.15) is 0 Å². The van der Waals surface area contributed by atoms with Crippen LogP contribution in [0.15, 0.2) is 71.5 Å². The van der Waals surface area contributed by atoms with Crippen molar-refractivity contribution in [3.63, 3.8) is 0 Å². The molecule has 0 radical (unpaired) electrons. The molecule has 124 valence electrons. The highest BCUT2D eigenvalue weighted by Gasteiger charge is 2.15. The van der Waals surface area contributed by atoms with Crippen LogP contribution in [-0.2, 0) is 0 Å². The Morgan fingerprint density at radius 1 is 0.920 bits per heavy atom. The van der Waals surface area contributed by atoms with Crippen LogP contribution in [0, 0.1) is 0 Å². The molecule has 0 unspecified atom stereocenters. The van der Waals surface area contributed by atoms with Gasteiger partial charge in [0.2, 0.25) is 0 Å². The van der Waals surface area contributed by atoms with E-state index in [-0.39, 0.29) is 6.10 Å². The van der Waals surface area contributed by atoms with Crippen LogP contribution >= 0.6 is 0 Å². The van der Waals surface area contributed by atoms with E-state index in [9.17, 15) is 0 Å². The van der Waals surface area contributed by atoms with Crippen molar-refractivity contribution in [2.75, 3.05) is 0 Å². The number of rotatable bonds is 4. The summed E-state index contributed by atoms with van der Waals surface area (Å²) in [6, 6.07) is 18.0. The fraction of sp³-hybridized carbons (Fsp3) is 0.143. The first kappa shape index (κ1) is 15.4. The number of benzene rings is 2. The standard InChI is InChI=1S/C21H18N2O2/c1-14(2)24-16-9-7-15(8-10-16)19-13-23-25-21(19)18-11-12-22-20-6-4-3-5-17(18)20/h3-14H,1-2H3. The zero-order valence-corrected chi connectivity index (χ0v) is 14.1. The van der Waals surface area contributed by atoms with E-state index in [0.717, 1.165) is 39.1 Å². The molecule has 0 N–H and O–H groups in total. The Kier molecular flexibility index (Phi) is 3.94. The van der Waals surface area contributed by atoms with E-state index in [2.05, 4.69) is 10.1 Å². The maximum absolute atomic E-state index is 5.71. The minimum Gasteiger partial charge on any atom is -0.491 e. The third kappa shape index (κ3) is 2.98. The molecule has 4 nitrogen and oxygen atoms in total. The SMILES string of the molecule is CC(C)Oc1ccc(-c2cnoc2-c2ccnc3ccccc23)cc1. The van der Waals surface area contributed by atoms with E-state index in [0.29, 0.717) is 0 Å². The summed E-state index contributed by atoms with van der Waals surface area (Å²) in [7, 11) is 0. The summed E-state index contributed by atoms with van der Waals surface area (Å²) in [5.41, 5.74) is 3.91. The van der Waals surface area contributed by atoms with Crippen LogP contribution in [-0.4, -0.2) is 16.2 Å². The van der Waals surface area contributed by atoms with Crippen LogP contribution in [0.5, 0.6) is 5.75 Å². The highest BCUT2D eigenvalue weighted by atomic mass is 16.5. The summed E-state index contributed by atoms with van der Waals surface area (Å²) in [6.07, 6.45) is 3.70. The van der Waals surface area contributed by atoms with Crippen LogP contribution in [0.2, 0.25) is 0 Å². The van der Waals surface area contributed by atoms with Gasteiger partial charge in [0.05, 0.1) is 17.8 Å². The van der Waals surface area contributed by atoms with Crippen LogP contribution in [0.1, 0.15) is 13.8 Å². The average molecular weight is 330 g/mol. The van der Waals surface area contributed by atoms with Crippen LogP contribution in [0.25, 0.3) is 33.4 Å². The van der Waals surface area contributed by atoms with Crippen molar-refractivity contribution >= 4 is 10.9 Å². The molecule has 2 aromatic heterocycles. The maximum Gasteiger partial charge on any atom is 0.175 e. The minimum atomic E-state index is 0.153. The number of hydrogen-bond acceptors (Lipinski definition) is 4. The lowest BCUT2D eigenvalue weighted by Crippen LogP contribution is -2.05. The minimum absolute atomic E-state index is 0.153. The van der Waals surface area contributed by atoms with E-state index in [1.54, 1.807) is 12.4 Å². The van der Waals surface area contributed by atoms with E-state index in [1.165, 1.54) is 0 Å². The number of pyridine rings is 1. The lowest BCUT2D eigenvalue weighted by atomic mass is 10.00. The van der Waals surface area contributed by atoms with Crippen molar-refractivity contribution in [2.24, 2.45) is 0 Å². The van der Waals surface area contributed by atoms with E-state index in [4.69, 9.17) is 9.26 Å². The van der Waals surface area contributed by atoms with Gasteiger partial charge in [-0.3, -0.25) is 4.98 Å². The van der Waals surface area contributed by atoms with Crippen molar-refractivity contribution < 1.29 is 9.26 Å². The molecule has 0 spiro atoms. The van der Waals surface area contributed by atoms with Gasteiger partial charge >= 0.3 is 0 Å². The number of ether oxygens (including phenoxy) is 1. The average Bonchev–Trinajstić information content (AvgIpc) is 3.11. The van der Waals surface area contributed by atoms with Gasteiger partial charge in [-0.05, 0) is 43.7 Å². The third-order valence-electron chi connectivity index (χ3n) is 4.00. The Balaban J connectivity index is 1.78. The lowest BCUT2D eigenvalue weighted by Gasteiger charge is -2.10. The van der Waals surface area contributed by atoms with Gasteiger partial charge < -0.3 is 9.26 Å². The quantitative estimate of drug-likeness (QED) is 0.506. The van der Waals surface area contributed by atoms with Crippen LogP contribution < -0.4 is 4.74 Å². The Morgan fingerprint density at radius 3 is 2.52 bits per heavy atom. The molecule has 4 aromatic rings. The molecule has 4 rings (SSSR count). The predicted octanol–water partition coefficient (Wildman–Crippen LogP) is 5.34. The molecule has 0 aliphatic heterocycles. The first-order valence-electron chi connectivity index (χ1n) is 8.28. The van der Waals surface area contributed by atoms with Gasteiger partial charge in [0.1, 0.15) is 5.75 Å². The summed E-state index contributed by atoms with van der Waals surface area (Å²) in [5.74, 6) is 1.60. The van der Waals surface area contributed by atoms with E-state index < -0.39 is 0 Å². The number of aromatic nitrogens is 2. The summed E-state index contributed by atoms with van der Waals surface area (Å²) in [5, 5.41) is 5.07. The van der Waals surface area contributed by atoms with Crippen LogP contribution in [0.4, 0.5) is 0 Å². The van der Waals surface area contributed by atoms with Crippen molar-refractivity contribution in [3.8, 4) is 28.2 Å². The van der Waals surface area contributed by atoms with Crippen molar-refractivity contribution in [1.29, 1.82) is 0 Å². The Hall–Kier alpha value is -3.14. The summed E-state index contributed by atoms with van der Waals surface area (Å²) in [6.45, 7) is 4.03. The van der Waals surface area contributed by atoms with E-state index in [1.807, 2.05) is 68.4 Å². The molecule has 2 heterocycles. The van der Waals surface area contributed by atoms with Gasteiger partial charge in [0, 0.05) is 22.7 Å². The number of fused-ring (bicyclic) bond motifs is 1. The van der Waals surface area contributed by atoms with Crippen molar-refractivity contribution in [1.82, 2.24) is 10.1 Å². The second-order valence-corrected chi connectivity index (χ2v) is 6.14. The second-order valence-electron chi connectivity index (χ2n) is 6.14. The zero-order valence-electron chi connectivity index (χ0n) is 14.1. The first-order valence-corrected chi connectivity index (χ1v) is 8.28. The molecule has 0 bridgehead atoms. The molecule has 0 saturated heterocycles. The normalized spacial score (nSPS) is 11.2. The molecule has 0 fully saturated rings. The zero-order chi connectivity index (χ0) is 17.2. The highest BCUT2D eigenvalue weighted by Crippen LogP contribution is 2.36. The first-order chi connectivity index (χ1) is 12.2. The summed E-state index contributed by atoms with van der Waals surface area (Å²) < 4.78 is 11.3. The third-order valence-corrected chi connectivity index (χ3v) is 4.00. The summed E-state index contributed by atoms with van der Waals surface area (Å²) in [4.78, 5) is 4.41.